The molecule has 25 heavy (non-hydrogen) atoms. The molecule has 4 heteroatoms. The van der Waals surface area contributed by atoms with E-state index < -0.39 is 0 Å². The number of rotatable bonds is 4. The molecule has 2 bridgehead atoms. The van der Waals surface area contributed by atoms with Gasteiger partial charge in [0.25, 0.3) is 0 Å². The standard InChI is InChI=1S/C21H27FN2O/c22-20-5-2-1-4-18(20)15-23-8-3-9-24(11-10-23)21(25)14-19-13-16-6-7-17(19)12-16/h1-2,4-7,16-17,19H,3,8-15H2/t16-,17+,19+/m1/s1. The molecule has 1 heterocycles. The zero-order chi connectivity index (χ0) is 17.2. The first kappa shape index (κ1) is 16.8. The van der Waals surface area contributed by atoms with Crippen LogP contribution < -0.4 is 0 Å². The van der Waals surface area contributed by atoms with E-state index in [9.17, 15) is 9.18 Å². The molecule has 3 aliphatic rings. The molecule has 0 N–H and O–H groups in total. The number of fused-ring (bicyclic) bond motifs is 2. The lowest BCUT2D eigenvalue weighted by atomic mass is 9.90. The van der Waals surface area contributed by atoms with E-state index in [2.05, 4.69) is 17.1 Å². The molecular weight excluding hydrogens is 315 g/mol. The molecule has 3 atom stereocenters. The van der Waals surface area contributed by atoms with Crippen LogP contribution >= 0.6 is 0 Å². The average molecular weight is 342 g/mol. The normalized spacial score (nSPS) is 29.2. The van der Waals surface area contributed by atoms with Crippen LogP contribution in [0.3, 0.4) is 0 Å². The van der Waals surface area contributed by atoms with Crippen LogP contribution in [0.5, 0.6) is 0 Å². The van der Waals surface area contributed by atoms with Gasteiger partial charge >= 0.3 is 0 Å². The minimum absolute atomic E-state index is 0.135. The smallest absolute Gasteiger partial charge is 0.222 e. The summed E-state index contributed by atoms with van der Waals surface area (Å²) in [5.74, 6) is 2.10. The van der Waals surface area contributed by atoms with Crippen LogP contribution in [-0.2, 0) is 11.3 Å². The minimum Gasteiger partial charge on any atom is -0.341 e. The summed E-state index contributed by atoms with van der Waals surface area (Å²) in [6.07, 6.45) is 8.78. The van der Waals surface area contributed by atoms with E-state index in [0.29, 0.717) is 30.7 Å². The van der Waals surface area contributed by atoms with Crippen LogP contribution in [-0.4, -0.2) is 41.9 Å². The van der Waals surface area contributed by atoms with Gasteiger partial charge in [0.05, 0.1) is 0 Å². The van der Waals surface area contributed by atoms with Crippen molar-refractivity contribution in [2.24, 2.45) is 17.8 Å². The second-order valence-corrected chi connectivity index (χ2v) is 7.85. The number of carbonyl (C=O) groups excluding carboxylic acids is 1. The maximum Gasteiger partial charge on any atom is 0.222 e. The number of nitrogens with zero attached hydrogens (tertiary/aromatic N) is 2. The first-order valence-corrected chi connectivity index (χ1v) is 9.61. The monoisotopic (exact) mass is 342 g/mol. The van der Waals surface area contributed by atoms with Crippen LogP contribution in [0.15, 0.2) is 36.4 Å². The second-order valence-electron chi connectivity index (χ2n) is 7.85. The van der Waals surface area contributed by atoms with Crippen LogP contribution in [0.2, 0.25) is 0 Å². The molecule has 4 rings (SSSR count). The lowest BCUT2D eigenvalue weighted by Gasteiger charge is -2.25. The molecule has 1 amide bonds. The molecular formula is C21H27FN2O. The summed E-state index contributed by atoms with van der Waals surface area (Å²) in [5.41, 5.74) is 0.746. The van der Waals surface area contributed by atoms with Crippen molar-refractivity contribution < 1.29 is 9.18 Å². The Bertz CT molecular complexity index is 659. The van der Waals surface area contributed by atoms with Crippen molar-refractivity contribution >= 4 is 5.91 Å². The Balaban J connectivity index is 1.30. The highest BCUT2D eigenvalue weighted by Crippen LogP contribution is 2.45. The number of halogens is 1. The lowest BCUT2D eigenvalue weighted by Crippen LogP contribution is -2.36. The van der Waals surface area contributed by atoms with E-state index in [1.54, 1.807) is 6.07 Å². The summed E-state index contributed by atoms with van der Waals surface area (Å²) in [6, 6.07) is 6.99. The molecule has 3 nitrogen and oxygen atoms in total. The van der Waals surface area contributed by atoms with Crippen molar-refractivity contribution in [2.75, 3.05) is 26.2 Å². The van der Waals surface area contributed by atoms with Crippen LogP contribution in [0, 0.1) is 23.6 Å². The Labute approximate surface area is 149 Å². The highest BCUT2D eigenvalue weighted by Gasteiger charge is 2.37. The Morgan fingerprint density at radius 3 is 2.72 bits per heavy atom. The van der Waals surface area contributed by atoms with Gasteiger partial charge < -0.3 is 4.90 Å². The average Bonchev–Trinajstić information content (AvgIpc) is 3.14. The fourth-order valence-corrected chi connectivity index (χ4v) is 4.73. The van der Waals surface area contributed by atoms with Gasteiger partial charge in [-0.25, -0.2) is 4.39 Å². The van der Waals surface area contributed by atoms with E-state index in [-0.39, 0.29) is 5.82 Å². The predicted molar refractivity (Wildman–Crippen MR) is 96.3 cm³/mol. The van der Waals surface area contributed by atoms with Gasteiger partial charge in [-0.1, -0.05) is 30.4 Å². The van der Waals surface area contributed by atoms with Crippen molar-refractivity contribution in [3.63, 3.8) is 0 Å². The van der Waals surface area contributed by atoms with Crippen LogP contribution in [0.1, 0.15) is 31.2 Å². The van der Waals surface area contributed by atoms with Crippen molar-refractivity contribution in [3.05, 3.63) is 47.8 Å². The number of carbonyl (C=O) groups is 1. The first-order chi connectivity index (χ1) is 12.2. The van der Waals surface area contributed by atoms with Gasteiger partial charge in [-0.05, 0) is 43.1 Å². The summed E-state index contributed by atoms with van der Waals surface area (Å²) >= 11 is 0. The summed E-state index contributed by atoms with van der Waals surface area (Å²) in [7, 11) is 0. The van der Waals surface area contributed by atoms with Gasteiger partial charge in [-0.15, -0.1) is 0 Å². The fraction of sp³-hybridized carbons (Fsp3) is 0.571. The molecule has 0 spiro atoms. The fourth-order valence-electron chi connectivity index (χ4n) is 4.73. The predicted octanol–water partition coefficient (Wildman–Crippen LogP) is 3.46. The maximum absolute atomic E-state index is 13.9. The summed E-state index contributed by atoms with van der Waals surface area (Å²) < 4.78 is 13.9. The molecule has 2 fully saturated rings. The van der Waals surface area contributed by atoms with Crippen molar-refractivity contribution in [2.45, 2.75) is 32.2 Å². The molecule has 0 aromatic heterocycles. The molecule has 1 saturated carbocycles. The number of allylic oxidation sites excluding steroid dienone is 2. The van der Waals surface area contributed by atoms with E-state index in [4.69, 9.17) is 0 Å². The van der Waals surface area contributed by atoms with Gasteiger partial charge in [-0.2, -0.15) is 0 Å². The van der Waals surface area contributed by atoms with Crippen LogP contribution in [0.25, 0.3) is 0 Å². The summed E-state index contributed by atoms with van der Waals surface area (Å²) in [6.45, 7) is 3.99. The van der Waals surface area contributed by atoms with Crippen molar-refractivity contribution in [1.82, 2.24) is 9.80 Å². The highest BCUT2D eigenvalue weighted by molar-refractivity contribution is 5.76. The van der Waals surface area contributed by atoms with Crippen LogP contribution in [0.4, 0.5) is 4.39 Å². The Hall–Kier alpha value is -1.68. The molecule has 0 unspecified atom stereocenters. The second kappa shape index (κ2) is 7.28. The molecule has 0 radical (unpaired) electrons. The van der Waals surface area contributed by atoms with E-state index in [1.165, 1.54) is 18.9 Å². The molecule has 1 aromatic carbocycles. The van der Waals surface area contributed by atoms with Crippen molar-refractivity contribution in [3.8, 4) is 0 Å². The Kier molecular flexibility index (Phi) is 4.89. The van der Waals surface area contributed by atoms with Gasteiger partial charge in [0.2, 0.25) is 5.91 Å². The largest absolute Gasteiger partial charge is 0.341 e. The first-order valence-electron chi connectivity index (χ1n) is 9.61. The zero-order valence-electron chi connectivity index (χ0n) is 14.7. The maximum atomic E-state index is 13.9. The third kappa shape index (κ3) is 3.79. The summed E-state index contributed by atoms with van der Waals surface area (Å²) in [4.78, 5) is 17.0. The van der Waals surface area contributed by atoms with E-state index >= 15 is 0 Å². The minimum atomic E-state index is -0.135. The van der Waals surface area contributed by atoms with Gasteiger partial charge in [0.15, 0.2) is 0 Å². The lowest BCUT2D eigenvalue weighted by molar-refractivity contribution is -0.132. The van der Waals surface area contributed by atoms with Gasteiger partial charge in [0, 0.05) is 44.7 Å². The number of amides is 1. The Morgan fingerprint density at radius 1 is 1.08 bits per heavy atom. The quantitative estimate of drug-likeness (QED) is 0.783. The SMILES string of the molecule is O=C(C[C@@H]1C[C@@H]2C=C[C@H]1C2)N1CCCN(Cc2ccccc2F)CC1. The van der Waals surface area contributed by atoms with E-state index in [1.807, 2.05) is 17.0 Å². The molecule has 1 saturated heterocycles. The molecule has 1 aliphatic heterocycles. The number of benzene rings is 1. The third-order valence-electron chi connectivity index (χ3n) is 6.15. The highest BCUT2D eigenvalue weighted by atomic mass is 19.1. The summed E-state index contributed by atoms with van der Waals surface area (Å²) in [5, 5.41) is 0. The number of hydrogen-bond donors (Lipinski definition) is 0. The van der Waals surface area contributed by atoms with Gasteiger partial charge in [-0.3, -0.25) is 9.69 Å². The van der Waals surface area contributed by atoms with E-state index in [0.717, 1.165) is 44.1 Å². The molecule has 2 aliphatic carbocycles. The Morgan fingerprint density at radius 2 is 1.96 bits per heavy atom. The molecule has 134 valence electrons. The topological polar surface area (TPSA) is 23.6 Å². The van der Waals surface area contributed by atoms with Crippen molar-refractivity contribution in [1.29, 1.82) is 0 Å². The van der Waals surface area contributed by atoms with Gasteiger partial charge in [0.1, 0.15) is 5.82 Å². The third-order valence-corrected chi connectivity index (χ3v) is 6.15. The zero-order valence-corrected chi connectivity index (χ0v) is 14.7. The number of hydrogen-bond acceptors (Lipinski definition) is 2. The molecule has 1 aromatic rings.